The van der Waals surface area contributed by atoms with Crippen molar-refractivity contribution in [3.63, 3.8) is 0 Å². The van der Waals surface area contributed by atoms with Gasteiger partial charge in [0.1, 0.15) is 5.75 Å². The van der Waals surface area contributed by atoms with E-state index in [2.05, 4.69) is 15.5 Å². The van der Waals surface area contributed by atoms with Crippen molar-refractivity contribution in [3.05, 3.63) is 72.8 Å². The molecule has 3 aromatic rings. The fourth-order valence-corrected chi connectivity index (χ4v) is 5.78. The minimum atomic E-state index is 0.117. The fourth-order valence-electron chi connectivity index (χ4n) is 5.78. The minimum absolute atomic E-state index is 0.117. The van der Waals surface area contributed by atoms with E-state index in [9.17, 15) is 9.59 Å². The highest BCUT2D eigenvalue weighted by Gasteiger charge is 2.22. The van der Waals surface area contributed by atoms with Crippen LogP contribution in [0.25, 0.3) is 0 Å². The summed E-state index contributed by atoms with van der Waals surface area (Å²) in [5.41, 5.74) is 4.54. The molecule has 2 aliphatic rings. The van der Waals surface area contributed by atoms with Gasteiger partial charge in [0.2, 0.25) is 11.8 Å². The lowest BCUT2D eigenvalue weighted by Gasteiger charge is -2.26. The number of nitrogens with one attached hydrogen (secondary N) is 2. The quantitative estimate of drug-likeness (QED) is 0.311. The van der Waals surface area contributed by atoms with Gasteiger partial charge >= 0.3 is 0 Å². The average Bonchev–Trinajstić information content (AvgIpc) is 3.00. The first-order valence-corrected chi connectivity index (χ1v) is 14.4. The van der Waals surface area contributed by atoms with Crippen molar-refractivity contribution in [2.75, 3.05) is 22.6 Å². The fraction of sp³-hybridized carbons (Fsp3) is 0.394. The second-order valence-corrected chi connectivity index (χ2v) is 10.8. The number of rotatable bonds is 8. The van der Waals surface area contributed by atoms with Crippen molar-refractivity contribution in [3.8, 4) is 5.75 Å². The van der Waals surface area contributed by atoms with Crippen LogP contribution in [0.15, 0.2) is 72.8 Å². The summed E-state index contributed by atoms with van der Waals surface area (Å²) in [5.74, 6) is 1.28. The van der Waals surface area contributed by atoms with Crippen LogP contribution in [0.4, 0.5) is 28.4 Å². The highest BCUT2D eigenvalue weighted by atomic mass is 16.5. The topological polar surface area (TPSA) is 70.7 Å². The molecule has 2 aliphatic carbocycles. The molecule has 6 heteroatoms. The standard InChI is InChI=1S/C33H39N3O3/c1-39-31-22-20-30(21-23-31)36(28-16-12-26(13-17-28)34-32(37)24-8-4-2-5-9-24)29-18-14-27(15-19-29)35-33(38)25-10-6-3-7-11-25/h12-25H,2-11H2,1H3,(H,34,37)(H,35,38). The number of nitrogens with zero attached hydrogens (tertiary/aromatic N) is 1. The van der Waals surface area contributed by atoms with Crippen molar-refractivity contribution >= 4 is 40.3 Å². The molecule has 2 N–H and O–H groups in total. The van der Waals surface area contributed by atoms with E-state index < -0.39 is 0 Å². The molecule has 204 valence electrons. The summed E-state index contributed by atoms with van der Waals surface area (Å²) in [7, 11) is 1.66. The van der Waals surface area contributed by atoms with E-state index in [4.69, 9.17) is 4.74 Å². The van der Waals surface area contributed by atoms with E-state index in [0.29, 0.717) is 0 Å². The van der Waals surface area contributed by atoms with Gasteiger partial charge in [-0.05, 0) is 98.5 Å². The van der Waals surface area contributed by atoms with Gasteiger partial charge in [-0.1, -0.05) is 38.5 Å². The van der Waals surface area contributed by atoms with Crippen molar-refractivity contribution < 1.29 is 14.3 Å². The van der Waals surface area contributed by atoms with E-state index in [0.717, 1.165) is 85.6 Å². The van der Waals surface area contributed by atoms with Gasteiger partial charge < -0.3 is 20.3 Å². The first-order valence-electron chi connectivity index (χ1n) is 14.4. The van der Waals surface area contributed by atoms with Crippen LogP contribution in [-0.2, 0) is 9.59 Å². The molecule has 0 aliphatic heterocycles. The largest absolute Gasteiger partial charge is 0.497 e. The van der Waals surface area contributed by atoms with Crippen molar-refractivity contribution in [1.82, 2.24) is 0 Å². The van der Waals surface area contributed by atoms with Gasteiger partial charge in [-0.3, -0.25) is 9.59 Å². The summed E-state index contributed by atoms with van der Waals surface area (Å²) >= 11 is 0. The summed E-state index contributed by atoms with van der Waals surface area (Å²) in [6.07, 6.45) is 10.9. The first kappa shape index (κ1) is 26.8. The number of amides is 2. The van der Waals surface area contributed by atoms with Gasteiger partial charge in [0.15, 0.2) is 0 Å². The number of methoxy groups -OCH3 is 1. The molecule has 0 unspecified atom stereocenters. The number of ether oxygens (including phenoxy) is 1. The van der Waals surface area contributed by atoms with E-state index in [1.54, 1.807) is 7.11 Å². The van der Waals surface area contributed by atoms with Crippen molar-refractivity contribution in [1.29, 1.82) is 0 Å². The SMILES string of the molecule is COc1ccc(N(c2ccc(NC(=O)C3CCCCC3)cc2)c2ccc(NC(=O)C3CCCCC3)cc2)cc1. The Morgan fingerprint density at radius 2 is 0.949 bits per heavy atom. The van der Waals surface area contributed by atoms with Crippen LogP contribution in [0.5, 0.6) is 5.75 Å². The smallest absolute Gasteiger partial charge is 0.227 e. The van der Waals surface area contributed by atoms with Crippen LogP contribution in [-0.4, -0.2) is 18.9 Å². The number of carbonyl (C=O) groups excluding carboxylic acids is 2. The highest BCUT2D eigenvalue weighted by Crippen LogP contribution is 2.37. The maximum absolute atomic E-state index is 12.7. The Kier molecular flexibility index (Phi) is 8.82. The monoisotopic (exact) mass is 525 g/mol. The predicted molar refractivity (Wildman–Crippen MR) is 158 cm³/mol. The molecule has 0 spiro atoms. The Morgan fingerprint density at radius 3 is 1.31 bits per heavy atom. The van der Waals surface area contributed by atoms with Crippen LogP contribution >= 0.6 is 0 Å². The molecule has 5 rings (SSSR count). The molecule has 6 nitrogen and oxygen atoms in total. The van der Waals surface area contributed by atoms with Crippen LogP contribution in [0.1, 0.15) is 64.2 Å². The zero-order valence-electron chi connectivity index (χ0n) is 22.8. The molecular weight excluding hydrogens is 486 g/mol. The van der Waals surface area contributed by atoms with E-state index in [1.165, 1.54) is 12.8 Å². The van der Waals surface area contributed by atoms with Crippen LogP contribution < -0.4 is 20.3 Å². The third-order valence-electron chi connectivity index (χ3n) is 8.07. The Balaban J connectivity index is 1.34. The van der Waals surface area contributed by atoms with Gasteiger partial charge in [-0.15, -0.1) is 0 Å². The molecule has 3 aromatic carbocycles. The Morgan fingerprint density at radius 1 is 0.590 bits per heavy atom. The average molecular weight is 526 g/mol. The Bertz CT molecular complexity index is 1150. The van der Waals surface area contributed by atoms with E-state index in [-0.39, 0.29) is 23.7 Å². The lowest BCUT2D eigenvalue weighted by Crippen LogP contribution is -2.24. The summed E-state index contributed by atoms with van der Waals surface area (Å²) < 4.78 is 5.37. The lowest BCUT2D eigenvalue weighted by molar-refractivity contribution is -0.121. The molecule has 39 heavy (non-hydrogen) atoms. The summed E-state index contributed by atoms with van der Waals surface area (Å²) in [5, 5.41) is 6.22. The number of benzene rings is 3. The van der Waals surface area contributed by atoms with Crippen LogP contribution in [0.2, 0.25) is 0 Å². The van der Waals surface area contributed by atoms with Crippen molar-refractivity contribution in [2.24, 2.45) is 11.8 Å². The molecule has 0 aromatic heterocycles. The molecule has 0 radical (unpaired) electrons. The predicted octanol–water partition coefficient (Wildman–Crippen LogP) is 8.20. The molecular formula is C33H39N3O3. The summed E-state index contributed by atoms with van der Waals surface area (Å²) in [6, 6.07) is 23.9. The van der Waals surface area contributed by atoms with Crippen LogP contribution in [0.3, 0.4) is 0 Å². The third kappa shape index (κ3) is 6.80. The summed E-state index contributed by atoms with van der Waals surface area (Å²) in [4.78, 5) is 27.6. The number of hydrogen-bond acceptors (Lipinski definition) is 4. The van der Waals surface area contributed by atoms with E-state index in [1.807, 2.05) is 72.8 Å². The normalized spacial score (nSPS) is 16.3. The second-order valence-electron chi connectivity index (χ2n) is 10.8. The van der Waals surface area contributed by atoms with Gasteiger partial charge in [0.25, 0.3) is 0 Å². The van der Waals surface area contributed by atoms with Crippen LogP contribution in [0, 0.1) is 11.8 Å². The summed E-state index contributed by atoms with van der Waals surface area (Å²) in [6.45, 7) is 0. The van der Waals surface area contributed by atoms with Gasteiger partial charge in [0, 0.05) is 40.3 Å². The van der Waals surface area contributed by atoms with Gasteiger partial charge in [0.05, 0.1) is 7.11 Å². The van der Waals surface area contributed by atoms with E-state index >= 15 is 0 Å². The Hall–Kier alpha value is -3.80. The molecule has 2 amide bonds. The number of hydrogen-bond donors (Lipinski definition) is 2. The third-order valence-corrected chi connectivity index (χ3v) is 8.07. The minimum Gasteiger partial charge on any atom is -0.497 e. The lowest BCUT2D eigenvalue weighted by atomic mass is 9.88. The maximum Gasteiger partial charge on any atom is 0.227 e. The molecule has 2 fully saturated rings. The number of carbonyl (C=O) groups is 2. The molecule has 0 atom stereocenters. The molecule has 0 saturated heterocycles. The molecule has 0 bridgehead atoms. The zero-order chi connectivity index (χ0) is 27.0. The van der Waals surface area contributed by atoms with Gasteiger partial charge in [-0.25, -0.2) is 0 Å². The van der Waals surface area contributed by atoms with Gasteiger partial charge in [-0.2, -0.15) is 0 Å². The van der Waals surface area contributed by atoms with Crippen molar-refractivity contribution in [2.45, 2.75) is 64.2 Å². The highest BCUT2D eigenvalue weighted by molar-refractivity contribution is 5.94. The molecule has 2 saturated carbocycles. The Labute approximate surface area is 231 Å². The number of anilines is 5. The molecule has 0 heterocycles. The second kappa shape index (κ2) is 12.8. The zero-order valence-corrected chi connectivity index (χ0v) is 22.8. The maximum atomic E-state index is 12.7. The first-order chi connectivity index (χ1) is 19.1.